The van der Waals surface area contributed by atoms with Crippen molar-refractivity contribution < 1.29 is 9.90 Å². The molecule has 1 saturated heterocycles. The van der Waals surface area contributed by atoms with E-state index >= 15 is 0 Å². The second-order valence-electron chi connectivity index (χ2n) is 8.57. The van der Waals surface area contributed by atoms with E-state index in [-0.39, 0.29) is 16.7 Å². The van der Waals surface area contributed by atoms with Crippen LogP contribution in [0.4, 0.5) is 0 Å². The summed E-state index contributed by atoms with van der Waals surface area (Å²) < 4.78 is 0. The smallest absolute Gasteiger partial charge is 0.237 e. The van der Waals surface area contributed by atoms with Gasteiger partial charge < -0.3 is 15.7 Å². The third-order valence-corrected chi connectivity index (χ3v) is 5.33. The minimum Gasteiger partial charge on any atom is -0.507 e. The average molecular weight is 363 g/mol. The third kappa shape index (κ3) is 4.39. The molecular formula is C20H30N2O2S. The number of phenols is 1. The Kier molecular flexibility index (Phi) is 5.59. The van der Waals surface area contributed by atoms with Crippen LogP contribution in [0, 0.1) is 0 Å². The first kappa shape index (κ1) is 19.9. The summed E-state index contributed by atoms with van der Waals surface area (Å²) in [6.45, 7) is 13.6. The lowest BCUT2D eigenvalue weighted by atomic mass is 9.78. The maximum atomic E-state index is 12.0. The molecule has 5 heteroatoms. The van der Waals surface area contributed by atoms with Gasteiger partial charge in [-0.3, -0.25) is 4.79 Å². The zero-order valence-electron chi connectivity index (χ0n) is 16.1. The van der Waals surface area contributed by atoms with Crippen molar-refractivity contribution in [3.8, 4) is 5.75 Å². The van der Waals surface area contributed by atoms with Gasteiger partial charge in [-0.1, -0.05) is 53.3 Å². The normalized spacial score (nSPS) is 17.6. The summed E-state index contributed by atoms with van der Waals surface area (Å²) >= 11 is 1.54. The molecule has 2 rings (SSSR count). The van der Waals surface area contributed by atoms with Crippen molar-refractivity contribution in [1.82, 2.24) is 4.90 Å². The van der Waals surface area contributed by atoms with Crippen LogP contribution in [0.5, 0.6) is 5.75 Å². The maximum Gasteiger partial charge on any atom is 0.237 e. The van der Waals surface area contributed by atoms with E-state index in [2.05, 4.69) is 41.5 Å². The number of phenolic OH excluding ortho intramolecular Hbond substituents is 1. The van der Waals surface area contributed by atoms with Gasteiger partial charge in [-0.2, -0.15) is 0 Å². The molecule has 0 aliphatic carbocycles. The molecule has 0 radical (unpaired) electrons. The van der Waals surface area contributed by atoms with Gasteiger partial charge in [0.15, 0.2) is 0 Å². The largest absolute Gasteiger partial charge is 0.507 e. The van der Waals surface area contributed by atoms with Gasteiger partial charge in [0.25, 0.3) is 0 Å². The molecule has 0 saturated carbocycles. The molecule has 1 aliphatic rings. The van der Waals surface area contributed by atoms with Crippen molar-refractivity contribution >= 4 is 23.7 Å². The molecule has 1 aliphatic heterocycles. The number of nitrogens with two attached hydrogens (primary N) is 1. The van der Waals surface area contributed by atoms with Crippen molar-refractivity contribution in [2.45, 2.75) is 52.4 Å². The van der Waals surface area contributed by atoms with Gasteiger partial charge in [0, 0.05) is 24.2 Å². The van der Waals surface area contributed by atoms with Crippen molar-refractivity contribution in [2.24, 2.45) is 5.73 Å². The van der Waals surface area contributed by atoms with Crippen LogP contribution in [0.2, 0.25) is 0 Å². The molecule has 3 N–H and O–H groups in total. The Morgan fingerprint density at radius 1 is 1.16 bits per heavy atom. The minimum atomic E-state index is -0.172. The van der Waals surface area contributed by atoms with E-state index in [1.54, 1.807) is 16.7 Å². The van der Waals surface area contributed by atoms with Crippen LogP contribution in [0.1, 0.15) is 58.2 Å². The van der Waals surface area contributed by atoms with Crippen LogP contribution >= 0.6 is 11.8 Å². The van der Waals surface area contributed by atoms with Gasteiger partial charge >= 0.3 is 0 Å². The molecule has 0 unspecified atom stereocenters. The highest BCUT2D eigenvalue weighted by Crippen LogP contribution is 2.41. The molecule has 1 fully saturated rings. The first-order valence-corrected chi connectivity index (χ1v) is 9.66. The fraction of sp³-hybridized carbons (Fsp3) is 0.550. The molecule has 138 valence electrons. The summed E-state index contributed by atoms with van der Waals surface area (Å²) in [6, 6.07) is 4.06. The average Bonchev–Trinajstić information content (AvgIpc) is 2.80. The molecule has 1 amide bonds. The first-order valence-electron chi connectivity index (χ1n) is 8.68. The maximum absolute atomic E-state index is 12.0. The van der Waals surface area contributed by atoms with Crippen molar-refractivity contribution in [3.63, 3.8) is 0 Å². The van der Waals surface area contributed by atoms with Gasteiger partial charge in [-0.05, 0) is 34.6 Å². The number of carbonyl (C=O) groups is 1. The lowest BCUT2D eigenvalue weighted by Crippen LogP contribution is -2.30. The summed E-state index contributed by atoms with van der Waals surface area (Å²) in [5.41, 5.74) is 8.15. The Morgan fingerprint density at radius 2 is 1.68 bits per heavy atom. The minimum absolute atomic E-state index is 0.104. The van der Waals surface area contributed by atoms with Crippen LogP contribution in [0.3, 0.4) is 0 Å². The van der Waals surface area contributed by atoms with E-state index in [1.807, 2.05) is 18.2 Å². The number of hydrogen-bond acceptors (Lipinski definition) is 4. The second kappa shape index (κ2) is 7.04. The van der Waals surface area contributed by atoms with Crippen molar-refractivity contribution in [2.75, 3.05) is 18.8 Å². The van der Waals surface area contributed by atoms with Gasteiger partial charge in [-0.25, -0.2) is 0 Å². The predicted octanol–water partition coefficient (Wildman–Crippen LogP) is 3.82. The number of amides is 1. The van der Waals surface area contributed by atoms with Crippen molar-refractivity contribution in [3.05, 3.63) is 33.9 Å². The zero-order valence-corrected chi connectivity index (χ0v) is 17.0. The molecule has 0 aromatic heterocycles. The summed E-state index contributed by atoms with van der Waals surface area (Å²) in [4.78, 5) is 13.8. The number of aromatic hydroxyl groups is 1. The predicted molar refractivity (Wildman–Crippen MR) is 107 cm³/mol. The highest BCUT2D eigenvalue weighted by Gasteiger charge is 2.28. The SMILES string of the molecule is CC(C)(C)c1cc(C=C2SCC(=O)N2CCN)cc(C(C)(C)C)c1O. The molecule has 0 spiro atoms. The van der Waals surface area contributed by atoms with Gasteiger partial charge in [-0.15, -0.1) is 0 Å². The number of hydrogen-bond donors (Lipinski definition) is 2. The number of rotatable bonds is 3. The summed E-state index contributed by atoms with van der Waals surface area (Å²) in [5.74, 6) is 0.936. The molecule has 1 aromatic carbocycles. The molecule has 0 atom stereocenters. The number of benzene rings is 1. The van der Waals surface area contributed by atoms with Crippen LogP contribution in [0.25, 0.3) is 6.08 Å². The Bertz CT molecular complexity index is 662. The Balaban J connectivity index is 2.58. The molecular weight excluding hydrogens is 332 g/mol. The van der Waals surface area contributed by atoms with E-state index in [0.29, 0.717) is 24.6 Å². The number of thioether (sulfide) groups is 1. The molecule has 1 aromatic rings. The lowest BCUT2D eigenvalue weighted by Gasteiger charge is -2.28. The highest BCUT2D eigenvalue weighted by molar-refractivity contribution is 8.04. The highest BCUT2D eigenvalue weighted by atomic mass is 32.2. The number of carbonyl (C=O) groups excluding carboxylic acids is 1. The lowest BCUT2D eigenvalue weighted by molar-refractivity contribution is -0.125. The molecule has 0 bridgehead atoms. The topological polar surface area (TPSA) is 66.6 Å². The van der Waals surface area contributed by atoms with E-state index in [9.17, 15) is 9.90 Å². The van der Waals surface area contributed by atoms with Crippen LogP contribution in [-0.4, -0.2) is 34.8 Å². The van der Waals surface area contributed by atoms with Crippen LogP contribution in [-0.2, 0) is 15.6 Å². The first-order chi connectivity index (χ1) is 11.4. The van der Waals surface area contributed by atoms with Crippen LogP contribution < -0.4 is 5.73 Å². The van der Waals surface area contributed by atoms with Crippen molar-refractivity contribution in [1.29, 1.82) is 0 Å². The third-order valence-electron chi connectivity index (χ3n) is 4.30. The van der Waals surface area contributed by atoms with E-state index in [1.165, 1.54) is 0 Å². The quantitative estimate of drug-likeness (QED) is 0.858. The Labute approximate surface area is 155 Å². The summed E-state index contributed by atoms with van der Waals surface area (Å²) in [6.07, 6.45) is 2.04. The zero-order chi connectivity index (χ0) is 19.0. The van der Waals surface area contributed by atoms with Gasteiger partial charge in [0.1, 0.15) is 5.75 Å². The molecule has 1 heterocycles. The molecule has 4 nitrogen and oxygen atoms in total. The van der Waals surface area contributed by atoms with E-state index in [4.69, 9.17) is 5.73 Å². The fourth-order valence-electron chi connectivity index (χ4n) is 2.92. The van der Waals surface area contributed by atoms with Gasteiger partial charge in [0.2, 0.25) is 5.91 Å². The second-order valence-corrected chi connectivity index (χ2v) is 9.57. The Hall–Kier alpha value is -1.46. The van der Waals surface area contributed by atoms with Crippen LogP contribution in [0.15, 0.2) is 17.2 Å². The summed E-state index contributed by atoms with van der Waals surface area (Å²) in [7, 11) is 0. The Morgan fingerprint density at radius 3 is 2.12 bits per heavy atom. The fourth-order valence-corrected chi connectivity index (χ4v) is 3.92. The molecule has 25 heavy (non-hydrogen) atoms. The monoisotopic (exact) mass is 362 g/mol. The standard InChI is InChI=1S/C20H30N2O2S/c1-19(2,3)14-9-13(10-15(18(14)24)20(4,5)6)11-17-22(8-7-21)16(23)12-25-17/h9-11,24H,7-8,12,21H2,1-6H3. The van der Waals surface area contributed by atoms with E-state index in [0.717, 1.165) is 21.7 Å². The van der Waals surface area contributed by atoms with E-state index < -0.39 is 0 Å². The summed E-state index contributed by atoms with van der Waals surface area (Å²) in [5, 5.41) is 11.7. The van der Waals surface area contributed by atoms with Gasteiger partial charge in [0.05, 0.1) is 10.8 Å². The number of nitrogens with zero attached hydrogens (tertiary/aromatic N) is 1.